The highest BCUT2D eigenvalue weighted by atomic mass is 15.2. The zero-order valence-electron chi connectivity index (χ0n) is 10.9. The van der Waals surface area contributed by atoms with E-state index in [1.807, 2.05) is 0 Å². The molecule has 0 amide bonds. The molecule has 1 aliphatic carbocycles. The maximum atomic E-state index is 4.47. The van der Waals surface area contributed by atoms with Gasteiger partial charge in [-0.3, -0.25) is 5.10 Å². The molecule has 1 saturated heterocycles. The van der Waals surface area contributed by atoms with E-state index in [1.165, 1.54) is 35.2 Å². The highest BCUT2D eigenvalue weighted by Gasteiger charge is 2.25. The van der Waals surface area contributed by atoms with Gasteiger partial charge in [0.2, 0.25) is 0 Å². The Morgan fingerprint density at radius 2 is 2.00 bits per heavy atom. The number of hydrogen-bond acceptors (Lipinski definition) is 3. The lowest BCUT2D eigenvalue weighted by Gasteiger charge is -2.23. The highest BCUT2D eigenvalue weighted by Crippen LogP contribution is 2.38. The Balaban J connectivity index is 1.61. The lowest BCUT2D eigenvalue weighted by Crippen LogP contribution is -2.35. The Bertz CT molecular complexity index is 596. The van der Waals surface area contributed by atoms with Crippen LogP contribution in [0.5, 0.6) is 0 Å². The van der Waals surface area contributed by atoms with E-state index >= 15 is 0 Å². The third-order valence-corrected chi connectivity index (χ3v) is 4.20. The van der Waals surface area contributed by atoms with Crippen molar-refractivity contribution in [3.63, 3.8) is 0 Å². The van der Waals surface area contributed by atoms with Crippen LogP contribution in [0.15, 0.2) is 24.3 Å². The van der Waals surface area contributed by atoms with Crippen molar-refractivity contribution in [1.29, 1.82) is 0 Å². The molecule has 98 valence electrons. The largest absolute Gasteiger partial charge is 0.366 e. The molecule has 0 radical (unpaired) electrons. The van der Waals surface area contributed by atoms with Crippen LogP contribution in [0, 0.1) is 0 Å². The van der Waals surface area contributed by atoms with Gasteiger partial charge < -0.3 is 10.6 Å². The van der Waals surface area contributed by atoms with Gasteiger partial charge in [0.1, 0.15) is 0 Å². The molecule has 4 rings (SSSR count). The molecule has 0 bridgehead atoms. The minimum absolute atomic E-state index is 0.553. The summed E-state index contributed by atoms with van der Waals surface area (Å²) in [4.78, 5) is 0. The van der Waals surface area contributed by atoms with Gasteiger partial charge in [-0.2, -0.15) is 5.10 Å². The Kier molecular flexibility index (Phi) is 2.55. The summed E-state index contributed by atoms with van der Waals surface area (Å²) < 4.78 is 0. The molecule has 0 spiro atoms. The number of benzene rings is 1. The van der Waals surface area contributed by atoms with Crippen molar-refractivity contribution in [2.75, 3.05) is 18.4 Å². The fourth-order valence-electron chi connectivity index (χ4n) is 3.15. The predicted molar refractivity (Wildman–Crippen MR) is 76.3 cm³/mol. The molecular weight excluding hydrogens is 236 g/mol. The lowest BCUT2D eigenvalue weighted by molar-refractivity contribution is 0.478. The van der Waals surface area contributed by atoms with Gasteiger partial charge in [0.15, 0.2) is 5.82 Å². The van der Waals surface area contributed by atoms with E-state index in [0.717, 1.165) is 25.3 Å². The van der Waals surface area contributed by atoms with E-state index in [2.05, 4.69) is 45.1 Å². The average Bonchev–Trinajstić information content (AvgIpc) is 3.00. The molecule has 4 heteroatoms. The Morgan fingerprint density at radius 1 is 1.16 bits per heavy atom. The molecule has 0 saturated carbocycles. The van der Waals surface area contributed by atoms with Gasteiger partial charge in [-0.25, -0.2) is 0 Å². The second kappa shape index (κ2) is 4.38. The smallest absolute Gasteiger partial charge is 0.152 e. The van der Waals surface area contributed by atoms with E-state index in [9.17, 15) is 0 Å². The lowest BCUT2D eigenvalue weighted by atomic mass is 10.1. The van der Waals surface area contributed by atoms with E-state index in [-0.39, 0.29) is 0 Å². The van der Waals surface area contributed by atoms with E-state index < -0.39 is 0 Å². The summed E-state index contributed by atoms with van der Waals surface area (Å²) in [7, 11) is 0. The van der Waals surface area contributed by atoms with Crippen molar-refractivity contribution >= 4 is 5.82 Å². The first-order valence-electron chi connectivity index (χ1n) is 7.04. The third kappa shape index (κ3) is 1.83. The Hall–Kier alpha value is -1.81. The van der Waals surface area contributed by atoms with Gasteiger partial charge in [0, 0.05) is 23.6 Å². The number of aromatic nitrogens is 2. The first kappa shape index (κ1) is 11.1. The fraction of sp³-hybridized carbons (Fsp3) is 0.400. The molecule has 0 atom stereocenters. The molecule has 1 aromatic carbocycles. The van der Waals surface area contributed by atoms with E-state index in [0.29, 0.717) is 6.04 Å². The van der Waals surface area contributed by atoms with Crippen LogP contribution >= 0.6 is 0 Å². The van der Waals surface area contributed by atoms with Gasteiger partial charge in [0.05, 0.1) is 5.69 Å². The molecule has 4 nitrogen and oxygen atoms in total. The van der Waals surface area contributed by atoms with Gasteiger partial charge in [-0.05, 0) is 31.5 Å². The average molecular weight is 254 g/mol. The minimum atomic E-state index is 0.553. The zero-order valence-corrected chi connectivity index (χ0v) is 10.9. The van der Waals surface area contributed by atoms with Crippen molar-refractivity contribution in [1.82, 2.24) is 15.5 Å². The number of H-pyrrole nitrogens is 1. The summed E-state index contributed by atoms with van der Waals surface area (Å²) in [5, 5.41) is 14.7. The van der Waals surface area contributed by atoms with Crippen molar-refractivity contribution in [2.24, 2.45) is 0 Å². The van der Waals surface area contributed by atoms with Crippen molar-refractivity contribution in [2.45, 2.75) is 25.3 Å². The first-order valence-corrected chi connectivity index (χ1v) is 7.04. The normalized spacial score (nSPS) is 18.1. The van der Waals surface area contributed by atoms with Crippen molar-refractivity contribution < 1.29 is 0 Å². The molecule has 0 unspecified atom stereocenters. The Morgan fingerprint density at radius 3 is 2.89 bits per heavy atom. The van der Waals surface area contributed by atoms with Crippen molar-refractivity contribution in [3.8, 4) is 11.3 Å². The standard InChI is InChI=1S/C15H18N4/c1-2-4-12-10(3-1)9-13-14(12)18-19-15(13)17-11-5-7-16-8-6-11/h1-4,11,16H,5-9H2,(H2,17,18,19). The maximum Gasteiger partial charge on any atom is 0.152 e. The van der Waals surface area contributed by atoms with Gasteiger partial charge in [0.25, 0.3) is 0 Å². The number of nitrogens with zero attached hydrogens (tertiary/aromatic N) is 1. The highest BCUT2D eigenvalue weighted by molar-refractivity contribution is 5.78. The van der Waals surface area contributed by atoms with Gasteiger partial charge in [-0.15, -0.1) is 0 Å². The first-order chi connectivity index (χ1) is 9.42. The second-order valence-electron chi connectivity index (χ2n) is 5.43. The predicted octanol–water partition coefficient (Wildman–Crippen LogP) is 2.14. The molecule has 1 fully saturated rings. The van der Waals surface area contributed by atoms with Crippen LogP contribution in [0.1, 0.15) is 24.0 Å². The number of nitrogens with one attached hydrogen (secondary N) is 3. The molecule has 1 aliphatic heterocycles. The molecule has 2 aromatic rings. The monoisotopic (exact) mass is 254 g/mol. The quantitative estimate of drug-likeness (QED) is 0.657. The SMILES string of the molecule is c1ccc2c(c1)Cc1c(NC3CCNCC3)n[nH]c1-2. The third-order valence-electron chi connectivity index (χ3n) is 4.20. The van der Waals surface area contributed by atoms with Gasteiger partial charge >= 0.3 is 0 Å². The second-order valence-corrected chi connectivity index (χ2v) is 5.43. The van der Waals surface area contributed by atoms with Crippen LogP contribution in [0.3, 0.4) is 0 Å². The maximum absolute atomic E-state index is 4.47. The number of rotatable bonds is 2. The topological polar surface area (TPSA) is 52.7 Å². The molecule has 1 aromatic heterocycles. The van der Waals surface area contributed by atoms with Crippen LogP contribution in [-0.2, 0) is 6.42 Å². The number of anilines is 1. The summed E-state index contributed by atoms with van der Waals surface area (Å²) in [6, 6.07) is 9.13. The number of piperidine rings is 1. The van der Waals surface area contributed by atoms with Crippen LogP contribution in [0.4, 0.5) is 5.82 Å². The zero-order chi connectivity index (χ0) is 12.7. The summed E-state index contributed by atoms with van der Waals surface area (Å²) in [6.07, 6.45) is 3.35. The van der Waals surface area contributed by atoms with E-state index in [1.54, 1.807) is 0 Å². The van der Waals surface area contributed by atoms with E-state index in [4.69, 9.17) is 0 Å². The summed E-state index contributed by atoms with van der Waals surface area (Å²) in [6.45, 7) is 2.20. The minimum Gasteiger partial charge on any atom is -0.366 e. The van der Waals surface area contributed by atoms with Crippen LogP contribution < -0.4 is 10.6 Å². The molecule has 3 N–H and O–H groups in total. The summed E-state index contributed by atoms with van der Waals surface area (Å²) >= 11 is 0. The van der Waals surface area contributed by atoms with Crippen LogP contribution in [0.2, 0.25) is 0 Å². The molecule has 2 heterocycles. The summed E-state index contributed by atoms with van der Waals surface area (Å²) in [5.74, 6) is 1.05. The Labute approximate surface area is 112 Å². The molecular formula is C15H18N4. The van der Waals surface area contributed by atoms with Crippen LogP contribution in [-0.4, -0.2) is 29.3 Å². The molecule has 19 heavy (non-hydrogen) atoms. The number of fused-ring (bicyclic) bond motifs is 3. The van der Waals surface area contributed by atoms with Crippen molar-refractivity contribution in [3.05, 3.63) is 35.4 Å². The summed E-state index contributed by atoms with van der Waals surface area (Å²) in [5.41, 5.74) is 5.25. The van der Waals surface area contributed by atoms with Gasteiger partial charge in [-0.1, -0.05) is 24.3 Å². The number of hydrogen-bond donors (Lipinski definition) is 3. The molecule has 2 aliphatic rings. The number of aromatic amines is 1. The van der Waals surface area contributed by atoms with Crippen LogP contribution in [0.25, 0.3) is 11.3 Å². The fourth-order valence-corrected chi connectivity index (χ4v) is 3.15.